The van der Waals surface area contributed by atoms with Gasteiger partial charge in [-0.2, -0.15) is 0 Å². The van der Waals surface area contributed by atoms with E-state index in [9.17, 15) is 0 Å². The molecule has 1 aromatic rings. The first-order valence-corrected chi connectivity index (χ1v) is 7.33. The van der Waals surface area contributed by atoms with Crippen LogP contribution in [0.15, 0.2) is 18.2 Å². The summed E-state index contributed by atoms with van der Waals surface area (Å²) in [5.41, 5.74) is 6.76. The summed E-state index contributed by atoms with van der Waals surface area (Å²) in [5.74, 6) is 1.60. The molecule has 112 valence electrons. The first kappa shape index (κ1) is 15.1. The van der Waals surface area contributed by atoms with E-state index in [0.717, 1.165) is 43.6 Å². The third-order valence-corrected chi connectivity index (χ3v) is 3.87. The van der Waals surface area contributed by atoms with Gasteiger partial charge >= 0.3 is 0 Å². The lowest BCUT2D eigenvalue weighted by atomic mass is 9.95. The Morgan fingerprint density at radius 2 is 1.95 bits per heavy atom. The molecule has 20 heavy (non-hydrogen) atoms. The predicted molar refractivity (Wildman–Crippen MR) is 79.4 cm³/mol. The zero-order valence-electron chi connectivity index (χ0n) is 12.4. The van der Waals surface area contributed by atoms with E-state index in [4.69, 9.17) is 19.9 Å². The Labute approximate surface area is 121 Å². The highest BCUT2D eigenvalue weighted by Gasteiger charge is 2.24. The summed E-state index contributed by atoms with van der Waals surface area (Å²) in [4.78, 5) is 0. The van der Waals surface area contributed by atoms with E-state index in [1.807, 2.05) is 12.1 Å². The molecule has 2 rings (SSSR count). The van der Waals surface area contributed by atoms with Gasteiger partial charge in [-0.25, -0.2) is 0 Å². The minimum absolute atomic E-state index is 0.211. The average Bonchev–Trinajstić information content (AvgIpc) is 2.49. The van der Waals surface area contributed by atoms with Crippen molar-refractivity contribution in [1.29, 1.82) is 0 Å². The van der Waals surface area contributed by atoms with Crippen molar-refractivity contribution in [2.45, 2.75) is 44.3 Å². The van der Waals surface area contributed by atoms with Gasteiger partial charge in [-0.3, -0.25) is 0 Å². The van der Waals surface area contributed by atoms with Gasteiger partial charge < -0.3 is 19.9 Å². The maximum Gasteiger partial charge on any atom is 0.161 e. The summed E-state index contributed by atoms with van der Waals surface area (Å²) >= 11 is 0. The SMILES string of the molecule is COc1cc(CCN)ccc1OC1CCCC(OC)C1. The molecule has 4 heteroatoms. The van der Waals surface area contributed by atoms with Gasteiger partial charge in [0.25, 0.3) is 0 Å². The predicted octanol–water partition coefficient (Wildman–Crippen LogP) is 2.53. The Morgan fingerprint density at radius 1 is 1.15 bits per heavy atom. The lowest BCUT2D eigenvalue weighted by Crippen LogP contribution is -2.29. The van der Waals surface area contributed by atoms with Crippen LogP contribution in [0.3, 0.4) is 0 Å². The molecule has 0 aromatic heterocycles. The van der Waals surface area contributed by atoms with Crippen LogP contribution >= 0.6 is 0 Å². The molecular formula is C16H25NO3. The maximum absolute atomic E-state index is 6.11. The smallest absolute Gasteiger partial charge is 0.161 e. The van der Waals surface area contributed by atoms with Crippen molar-refractivity contribution in [2.75, 3.05) is 20.8 Å². The van der Waals surface area contributed by atoms with Crippen LogP contribution in [0.25, 0.3) is 0 Å². The second-order valence-electron chi connectivity index (χ2n) is 5.29. The van der Waals surface area contributed by atoms with Crippen LogP contribution in [0.5, 0.6) is 11.5 Å². The molecule has 0 aliphatic heterocycles. The van der Waals surface area contributed by atoms with Gasteiger partial charge in [0.1, 0.15) is 6.10 Å². The monoisotopic (exact) mass is 279 g/mol. The van der Waals surface area contributed by atoms with Crippen LogP contribution in [0.2, 0.25) is 0 Å². The fourth-order valence-electron chi connectivity index (χ4n) is 2.73. The van der Waals surface area contributed by atoms with Crippen LogP contribution in [0.4, 0.5) is 0 Å². The lowest BCUT2D eigenvalue weighted by molar-refractivity contribution is 0.0201. The summed E-state index contributed by atoms with van der Waals surface area (Å²) in [6.07, 6.45) is 5.68. The average molecular weight is 279 g/mol. The van der Waals surface area contributed by atoms with Gasteiger partial charge in [0.05, 0.1) is 13.2 Å². The van der Waals surface area contributed by atoms with E-state index in [1.54, 1.807) is 14.2 Å². The third kappa shape index (κ3) is 3.87. The molecule has 2 atom stereocenters. The lowest BCUT2D eigenvalue weighted by Gasteiger charge is -2.29. The Hall–Kier alpha value is -1.26. The van der Waals surface area contributed by atoms with E-state index in [1.165, 1.54) is 5.56 Å². The second-order valence-corrected chi connectivity index (χ2v) is 5.29. The van der Waals surface area contributed by atoms with Crippen molar-refractivity contribution in [2.24, 2.45) is 5.73 Å². The van der Waals surface area contributed by atoms with E-state index >= 15 is 0 Å². The third-order valence-electron chi connectivity index (χ3n) is 3.87. The Morgan fingerprint density at radius 3 is 2.65 bits per heavy atom. The molecule has 2 unspecified atom stereocenters. The van der Waals surface area contributed by atoms with Crippen molar-refractivity contribution >= 4 is 0 Å². The van der Waals surface area contributed by atoms with E-state index < -0.39 is 0 Å². The van der Waals surface area contributed by atoms with Crippen molar-refractivity contribution in [3.05, 3.63) is 23.8 Å². The van der Waals surface area contributed by atoms with Gasteiger partial charge in [0.2, 0.25) is 0 Å². The van der Waals surface area contributed by atoms with Crippen molar-refractivity contribution in [1.82, 2.24) is 0 Å². The fraction of sp³-hybridized carbons (Fsp3) is 0.625. The van der Waals surface area contributed by atoms with Crippen molar-refractivity contribution in [3.63, 3.8) is 0 Å². The Balaban J connectivity index is 2.04. The summed E-state index contributed by atoms with van der Waals surface area (Å²) in [5, 5.41) is 0. The summed E-state index contributed by atoms with van der Waals surface area (Å²) in [6.45, 7) is 0.640. The maximum atomic E-state index is 6.11. The zero-order chi connectivity index (χ0) is 14.4. The Bertz CT molecular complexity index is 422. The highest BCUT2D eigenvalue weighted by molar-refractivity contribution is 5.43. The van der Waals surface area contributed by atoms with Gasteiger partial charge in [-0.05, 0) is 49.9 Å². The van der Waals surface area contributed by atoms with Crippen LogP contribution in [-0.2, 0) is 11.2 Å². The molecule has 0 radical (unpaired) electrons. The topological polar surface area (TPSA) is 53.7 Å². The number of rotatable bonds is 6. The van der Waals surface area contributed by atoms with Gasteiger partial charge in [-0.1, -0.05) is 6.07 Å². The molecule has 1 aliphatic rings. The number of hydrogen-bond donors (Lipinski definition) is 1. The first-order chi connectivity index (χ1) is 9.76. The van der Waals surface area contributed by atoms with E-state index in [0.29, 0.717) is 12.6 Å². The van der Waals surface area contributed by atoms with E-state index in [-0.39, 0.29) is 6.10 Å². The minimum atomic E-state index is 0.211. The highest BCUT2D eigenvalue weighted by Crippen LogP contribution is 2.32. The van der Waals surface area contributed by atoms with Crippen LogP contribution in [-0.4, -0.2) is 33.0 Å². The van der Waals surface area contributed by atoms with E-state index in [2.05, 4.69) is 6.07 Å². The molecule has 2 N–H and O–H groups in total. The molecule has 4 nitrogen and oxygen atoms in total. The zero-order valence-corrected chi connectivity index (χ0v) is 12.4. The molecule has 0 heterocycles. The first-order valence-electron chi connectivity index (χ1n) is 7.33. The molecule has 0 bridgehead atoms. The Kier molecular flexibility index (Phi) is 5.68. The quantitative estimate of drug-likeness (QED) is 0.869. The van der Waals surface area contributed by atoms with Gasteiger partial charge in [-0.15, -0.1) is 0 Å². The number of ether oxygens (including phenoxy) is 3. The number of methoxy groups -OCH3 is 2. The molecule has 0 saturated heterocycles. The summed E-state index contributed by atoms with van der Waals surface area (Å²) < 4.78 is 17.0. The largest absolute Gasteiger partial charge is 0.493 e. The van der Waals surface area contributed by atoms with Crippen molar-refractivity contribution in [3.8, 4) is 11.5 Å². The fourth-order valence-corrected chi connectivity index (χ4v) is 2.73. The molecular weight excluding hydrogens is 254 g/mol. The number of hydrogen-bond acceptors (Lipinski definition) is 4. The second kappa shape index (κ2) is 7.50. The van der Waals surface area contributed by atoms with Gasteiger partial charge in [0.15, 0.2) is 11.5 Å². The van der Waals surface area contributed by atoms with Gasteiger partial charge in [0, 0.05) is 13.5 Å². The molecule has 0 spiro atoms. The molecule has 1 aromatic carbocycles. The summed E-state index contributed by atoms with van der Waals surface area (Å²) in [6, 6.07) is 6.06. The highest BCUT2D eigenvalue weighted by atomic mass is 16.5. The standard InChI is InChI=1S/C16H25NO3/c1-18-13-4-3-5-14(11-13)20-15-7-6-12(8-9-17)10-16(15)19-2/h6-7,10,13-14H,3-5,8-9,11,17H2,1-2H3. The van der Waals surface area contributed by atoms with Crippen LogP contribution in [0, 0.1) is 0 Å². The van der Waals surface area contributed by atoms with Crippen molar-refractivity contribution < 1.29 is 14.2 Å². The molecule has 1 fully saturated rings. The normalized spacial score (nSPS) is 22.6. The molecule has 0 amide bonds. The molecule has 1 saturated carbocycles. The molecule has 1 aliphatic carbocycles. The summed E-state index contributed by atoms with van der Waals surface area (Å²) in [7, 11) is 3.45. The number of benzene rings is 1. The van der Waals surface area contributed by atoms with Crippen LogP contribution < -0.4 is 15.2 Å². The minimum Gasteiger partial charge on any atom is -0.493 e. The number of nitrogens with two attached hydrogens (primary N) is 1. The van der Waals surface area contributed by atoms with Crippen LogP contribution in [0.1, 0.15) is 31.2 Å².